The molecule has 0 aliphatic heterocycles. The van der Waals surface area contributed by atoms with Gasteiger partial charge in [0.1, 0.15) is 0 Å². The molecule has 0 spiro atoms. The van der Waals surface area contributed by atoms with Crippen LogP contribution in [0.1, 0.15) is 23.4 Å². The van der Waals surface area contributed by atoms with Gasteiger partial charge in [-0.1, -0.05) is 30.3 Å². The van der Waals surface area contributed by atoms with Gasteiger partial charge in [0, 0.05) is 28.5 Å². The number of H-pyrrole nitrogens is 1. The van der Waals surface area contributed by atoms with Crippen LogP contribution in [0, 0.1) is 13.8 Å². The van der Waals surface area contributed by atoms with E-state index in [1.807, 2.05) is 37.3 Å². The van der Waals surface area contributed by atoms with E-state index in [1.165, 1.54) is 4.52 Å². The fourth-order valence-electron chi connectivity index (χ4n) is 2.79. The zero-order valence-corrected chi connectivity index (χ0v) is 12.9. The highest BCUT2D eigenvalue weighted by Crippen LogP contribution is 2.26. The van der Waals surface area contributed by atoms with Crippen molar-refractivity contribution in [3.05, 3.63) is 57.6 Å². The molecule has 0 amide bonds. The molecule has 0 saturated carbocycles. The highest BCUT2D eigenvalue weighted by atomic mass is 16.4. The van der Waals surface area contributed by atoms with Crippen LogP contribution in [-0.2, 0) is 11.2 Å². The number of nitrogens with zero attached hydrogens (tertiary/aromatic N) is 2. The Morgan fingerprint density at radius 1 is 1.26 bits per heavy atom. The molecule has 1 aromatic carbocycles. The minimum Gasteiger partial charge on any atom is -0.550 e. The fourth-order valence-corrected chi connectivity index (χ4v) is 2.79. The molecule has 0 aliphatic carbocycles. The first-order chi connectivity index (χ1) is 11.0. The number of hydrogen-bond acceptors (Lipinski definition) is 4. The number of fused-ring (bicyclic) bond motifs is 1. The number of carboxylic acid groups (broad SMARTS) is 1. The van der Waals surface area contributed by atoms with Gasteiger partial charge in [0.2, 0.25) is 0 Å². The van der Waals surface area contributed by atoms with E-state index in [-0.39, 0.29) is 18.4 Å². The monoisotopic (exact) mass is 310 g/mol. The average Bonchev–Trinajstić information content (AvgIpc) is 2.84. The van der Waals surface area contributed by atoms with Crippen molar-refractivity contribution >= 4 is 11.6 Å². The molecule has 0 aliphatic rings. The third-order valence-electron chi connectivity index (χ3n) is 3.90. The molecule has 0 saturated heterocycles. The van der Waals surface area contributed by atoms with Gasteiger partial charge in [-0.3, -0.25) is 9.89 Å². The summed E-state index contributed by atoms with van der Waals surface area (Å²) in [7, 11) is 0. The Morgan fingerprint density at radius 3 is 2.61 bits per heavy atom. The van der Waals surface area contributed by atoms with Gasteiger partial charge in [-0.2, -0.15) is 0 Å². The van der Waals surface area contributed by atoms with Gasteiger partial charge < -0.3 is 9.90 Å². The first kappa shape index (κ1) is 15.0. The van der Waals surface area contributed by atoms with Crippen LogP contribution in [0.5, 0.6) is 0 Å². The molecule has 6 nitrogen and oxygen atoms in total. The van der Waals surface area contributed by atoms with E-state index in [0.29, 0.717) is 16.9 Å². The lowest BCUT2D eigenvalue weighted by Gasteiger charge is -2.07. The quantitative estimate of drug-likeness (QED) is 0.778. The molecule has 6 heteroatoms. The first-order valence-corrected chi connectivity index (χ1v) is 7.35. The van der Waals surface area contributed by atoms with Crippen molar-refractivity contribution < 1.29 is 9.90 Å². The molecule has 0 radical (unpaired) electrons. The summed E-state index contributed by atoms with van der Waals surface area (Å²) < 4.78 is 1.38. The number of nitrogens with one attached hydrogen (secondary N) is 1. The van der Waals surface area contributed by atoms with Crippen molar-refractivity contribution in [3.8, 4) is 11.1 Å². The Kier molecular flexibility index (Phi) is 3.73. The number of carbonyl (C=O) groups excluding carboxylic acids is 1. The molecule has 3 rings (SSSR count). The van der Waals surface area contributed by atoms with Crippen LogP contribution in [0.25, 0.3) is 16.8 Å². The molecular weight excluding hydrogens is 294 g/mol. The lowest BCUT2D eigenvalue weighted by atomic mass is 10.1. The average molecular weight is 310 g/mol. The second kappa shape index (κ2) is 5.72. The van der Waals surface area contributed by atoms with E-state index >= 15 is 0 Å². The van der Waals surface area contributed by atoms with Gasteiger partial charge in [0.05, 0.1) is 0 Å². The van der Waals surface area contributed by atoms with Crippen LogP contribution >= 0.6 is 0 Å². The zero-order chi connectivity index (χ0) is 16.6. The number of aryl methyl sites for hydroxylation is 2. The second-order valence-electron chi connectivity index (χ2n) is 5.49. The summed E-state index contributed by atoms with van der Waals surface area (Å²) in [5.41, 5.74) is 3.90. The Labute approximate surface area is 132 Å². The summed E-state index contributed by atoms with van der Waals surface area (Å²) in [6.45, 7) is 3.61. The molecule has 118 valence electrons. The summed E-state index contributed by atoms with van der Waals surface area (Å²) >= 11 is 0. The predicted molar refractivity (Wildman–Crippen MR) is 84.1 cm³/mol. The molecule has 0 unspecified atom stereocenters. The van der Waals surface area contributed by atoms with Crippen LogP contribution in [0.15, 0.2) is 35.1 Å². The van der Waals surface area contributed by atoms with Gasteiger partial charge in [-0.05, 0) is 32.3 Å². The van der Waals surface area contributed by atoms with Gasteiger partial charge >= 0.3 is 0 Å². The van der Waals surface area contributed by atoms with Crippen LogP contribution in [0.3, 0.4) is 0 Å². The largest absolute Gasteiger partial charge is 0.550 e. The lowest BCUT2D eigenvalue weighted by Crippen LogP contribution is -2.26. The van der Waals surface area contributed by atoms with Crippen LogP contribution in [0.4, 0.5) is 0 Å². The maximum absolute atomic E-state index is 12.6. The maximum Gasteiger partial charge on any atom is 0.276 e. The van der Waals surface area contributed by atoms with Crippen molar-refractivity contribution in [1.82, 2.24) is 14.6 Å². The Balaban J connectivity index is 2.22. The van der Waals surface area contributed by atoms with Gasteiger partial charge in [0.15, 0.2) is 5.65 Å². The molecule has 23 heavy (non-hydrogen) atoms. The first-order valence-electron chi connectivity index (χ1n) is 7.35. The standard InChI is InChI=1S/C17H17N3O3/c1-10-13(8-9-14(21)22)17(23)20-16(18-10)15(11(2)19-20)12-6-4-3-5-7-12/h3-7,19H,8-9H2,1-2H3,(H,21,22)/p-1. The van der Waals surface area contributed by atoms with Crippen LogP contribution < -0.4 is 10.7 Å². The Hall–Kier alpha value is -2.89. The smallest absolute Gasteiger partial charge is 0.276 e. The number of aliphatic carboxylic acids is 1. The summed E-state index contributed by atoms with van der Waals surface area (Å²) in [4.78, 5) is 27.8. The lowest BCUT2D eigenvalue weighted by molar-refractivity contribution is -0.305. The van der Waals surface area contributed by atoms with Crippen molar-refractivity contribution in [2.24, 2.45) is 0 Å². The molecule has 0 bridgehead atoms. The third-order valence-corrected chi connectivity index (χ3v) is 3.90. The summed E-state index contributed by atoms with van der Waals surface area (Å²) in [5, 5.41) is 13.7. The number of hydrogen-bond donors (Lipinski definition) is 1. The number of aromatic nitrogens is 3. The van der Waals surface area contributed by atoms with E-state index in [0.717, 1.165) is 16.8 Å². The van der Waals surface area contributed by atoms with E-state index < -0.39 is 5.97 Å². The van der Waals surface area contributed by atoms with Crippen molar-refractivity contribution in [1.29, 1.82) is 0 Å². The number of carboxylic acids is 1. The molecular formula is C17H16N3O3-. The van der Waals surface area contributed by atoms with E-state index in [2.05, 4.69) is 10.1 Å². The van der Waals surface area contributed by atoms with Gasteiger partial charge in [-0.25, -0.2) is 9.50 Å². The molecule has 1 N–H and O–H groups in total. The highest BCUT2D eigenvalue weighted by molar-refractivity contribution is 5.79. The van der Waals surface area contributed by atoms with Gasteiger partial charge in [-0.15, -0.1) is 0 Å². The predicted octanol–water partition coefficient (Wildman–Crippen LogP) is 0.989. The van der Waals surface area contributed by atoms with Crippen molar-refractivity contribution in [3.63, 3.8) is 0 Å². The normalized spacial score (nSPS) is 11.0. The van der Waals surface area contributed by atoms with Crippen molar-refractivity contribution in [2.75, 3.05) is 0 Å². The Bertz CT molecular complexity index is 939. The second-order valence-corrected chi connectivity index (χ2v) is 5.49. The summed E-state index contributed by atoms with van der Waals surface area (Å²) in [6, 6.07) is 9.70. The summed E-state index contributed by atoms with van der Waals surface area (Å²) in [5.74, 6) is -1.18. The minimum atomic E-state index is -1.18. The molecule has 2 aromatic heterocycles. The number of rotatable bonds is 4. The highest BCUT2D eigenvalue weighted by Gasteiger charge is 2.17. The molecule has 2 heterocycles. The number of aromatic amines is 1. The van der Waals surface area contributed by atoms with Crippen LogP contribution in [-0.4, -0.2) is 20.6 Å². The van der Waals surface area contributed by atoms with E-state index in [1.54, 1.807) is 6.92 Å². The number of benzene rings is 1. The van der Waals surface area contributed by atoms with Gasteiger partial charge in [0.25, 0.3) is 5.56 Å². The minimum absolute atomic E-state index is 0.113. The summed E-state index contributed by atoms with van der Waals surface area (Å²) in [6.07, 6.45) is -0.0866. The third kappa shape index (κ3) is 2.63. The SMILES string of the molecule is Cc1nc2c(-c3ccccc3)c(C)[nH]n2c(=O)c1CCC(=O)[O-]. The van der Waals surface area contributed by atoms with E-state index in [9.17, 15) is 14.7 Å². The van der Waals surface area contributed by atoms with Crippen LogP contribution in [0.2, 0.25) is 0 Å². The molecule has 0 atom stereocenters. The zero-order valence-electron chi connectivity index (χ0n) is 12.9. The molecule has 0 fully saturated rings. The van der Waals surface area contributed by atoms with E-state index in [4.69, 9.17) is 0 Å². The fraction of sp³-hybridized carbons (Fsp3) is 0.235. The van der Waals surface area contributed by atoms with Crippen molar-refractivity contribution in [2.45, 2.75) is 26.7 Å². The number of carbonyl (C=O) groups is 1. The topological polar surface area (TPSA) is 90.3 Å². The maximum atomic E-state index is 12.6. The Morgan fingerprint density at radius 2 is 1.96 bits per heavy atom. The molecule has 3 aromatic rings.